The molecule has 0 aliphatic rings. The molecule has 4 rings (SSSR count). The van der Waals surface area contributed by atoms with Crippen molar-refractivity contribution in [1.29, 1.82) is 0 Å². The summed E-state index contributed by atoms with van der Waals surface area (Å²) >= 11 is 0. The minimum absolute atomic E-state index is 0.159. The van der Waals surface area contributed by atoms with Gasteiger partial charge in [0.05, 0.1) is 24.3 Å². The van der Waals surface area contributed by atoms with Crippen LogP contribution in [0.1, 0.15) is 45.6 Å². The van der Waals surface area contributed by atoms with Crippen molar-refractivity contribution < 1.29 is 19.4 Å². The number of hydrogen-bond acceptors (Lipinski definition) is 9. The molecule has 210 valence electrons. The van der Waals surface area contributed by atoms with Crippen molar-refractivity contribution in [2.45, 2.75) is 52.1 Å². The number of benzene rings is 2. The second kappa shape index (κ2) is 12.9. The molecule has 0 spiro atoms. The molecule has 2 aromatic carbocycles. The maximum absolute atomic E-state index is 11.8. The first-order chi connectivity index (χ1) is 19.2. The molecule has 0 radical (unpaired) electrons. The van der Waals surface area contributed by atoms with Gasteiger partial charge in [0.2, 0.25) is 5.95 Å². The van der Waals surface area contributed by atoms with E-state index in [0.717, 1.165) is 35.5 Å². The van der Waals surface area contributed by atoms with Crippen LogP contribution in [0.15, 0.2) is 67.1 Å². The molecule has 1 amide bonds. The summed E-state index contributed by atoms with van der Waals surface area (Å²) in [5.74, 6) is 1.30. The summed E-state index contributed by atoms with van der Waals surface area (Å²) in [6.07, 6.45) is 4.06. The van der Waals surface area contributed by atoms with E-state index in [-0.39, 0.29) is 5.76 Å². The summed E-state index contributed by atoms with van der Waals surface area (Å²) in [6, 6.07) is 15.5. The molecule has 0 unspecified atom stereocenters. The third kappa shape index (κ3) is 8.42. The van der Waals surface area contributed by atoms with Gasteiger partial charge in [-0.3, -0.25) is 0 Å². The fourth-order valence-electron chi connectivity index (χ4n) is 3.79. The molecule has 0 bridgehead atoms. The normalized spacial score (nSPS) is 11.3. The monoisotopic (exact) mass is 545 g/mol. The quantitative estimate of drug-likeness (QED) is 0.152. The van der Waals surface area contributed by atoms with Gasteiger partial charge in [0.15, 0.2) is 11.2 Å². The lowest BCUT2D eigenvalue weighted by atomic mass is 10.1. The van der Waals surface area contributed by atoms with Crippen LogP contribution in [0.5, 0.6) is 5.75 Å². The SMILES string of the molecule is C=C(O)CCCOc1ccc(-n2nnc3cnc(Nc4ccc(CCCNC(=O)OC(C)(C)C)cc4)nc32)cc1. The van der Waals surface area contributed by atoms with E-state index >= 15 is 0 Å². The molecule has 2 heterocycles. The van der Waals surface area contributed by atoms with E-state index in [1.54, 1.807) is 10.9 Å². The van der Waals surface area contributed by atoms with Crippen LogP contribution in [-0.4, -0.2) is 54.9 Å². The van der Waals surface area contributed by atoms with Gasteiger partial charge in [-0.25, -0.2) is 9.78 Å². The van der Waals surface area contributed by atoms with E-state index in [0.29, 0.717) is 43.1 Å². The number of aliphatic hydroxyl groups is 1. The molecule has 11 heteroatoms. The number of allylic oxidation sites excluding steroid dienone is 1. The van der Waals surface area contributed by atoms with Gasteiger partial charge in [-0.15, -0.1) is 5.10 Å². The third-order valence-electron chi connectivity index (χ3n) is 5.67. The zero-order valence-electron chi connectivity index (χ0n) is 23.1. The first-order valence-corrected chi connectivity index (χ1v) is 13.2. The molecular weight excluding hydrogens is 510 g/mol. The van der Waals surface area contributed by atoms with Gasteiger partial charge < -0.3 is 25.2 Å². The number of carbonyl (C=O) groups is 1. The number of aromatic nitrogens is 5. The van der Waals surface area contributed by atoms with Crippen molar-refractivity contribution in [2.75, 3.05) is 18.5 Å². The van der Waals surface area contributed by atoms with Gasteiger partial charge in [0.25, 0.3) is 0 Å². The van der Waals surface area contributed by atoms with Gasteiger partial charge in [-0.1, -0.05) is 23.9 Å². The molecule has 0 saturated carbocycles. The molecule has 0 fully saturated rings. The van der Waals surface area contributed by atoms with Crippen molar-refractivity contribution in [1.82, 2.24) is 30.3 Å². The van der Waals surface area contributed by atoms with E-state index in [4.69, 9.17) is 9.47 Å². The number of aryl methyl sites for hydroxylation is 1. The molecule has 2 aromatic heterocycles. The molecule has 0 saturated heterocycles. The van der Waals surface area contributed by atoms with Crippen molar-refractivity contribution in [3.05, 3.63) is 72.6 Å². The highest BCUT2D eigenvalue weighted by molar-refractivity contribution is 5.73. The topological polar surface area (TPSA) is 136 Å². The lowest BCUT2D eigenvalue weighted by Gasteiger charge is -2.19. The Morgan fingerprint density at radius 2 is 1.82 bits per heavy atom. The van der Waals surface area contributed by atoms with Crippen LogP contribution >= 0.6 is 0 Å². The Morgan fingerprint density at radius 3 is 2.52 bits per heavy atom. The van der Waals surface area contributed by atoms with Gasteiger partial charge in [0, 0.05) is 18.7 Å². The highest BCUT2D eigenvalue weighted by Crippen LogP contribution is 2.21. The average Bonchev–Trinajstić information content (AvgIpc) is 3.33. The van der Waals surface area contributed by atoms with Crippen LogP contribution < -0.4 is 15.4 Å². The minimum Gasteiger partial charge on any atom is -0.513 e. The fourth-order valence-corrected chi connectivity index (χ4v) is 3.79. The van der Waals surface area contributed by atoms with E-state index < -0.39 is 11.7 Å². The lowest BCUT2D eigenvalue weighted by molar-refractivity contribution is 0.0527. The number of amides is 1. The Balaban J connectivity index is 1.32. The number of hydrogen-bond donors (Lipinski definition) is 3. The Morgan fingerprint density at radius 1 is 1.07 bits per heavy atom. The molecule has 4 aromatic rings. The predicted octanol–water partition coefficient (Wildman–Crippen LogP) is 5.64. The van der Waals surface area contributed by atoms with Gasteiger partial charge in [-0.2, -0.15) is 9.67 Å². The van der Waals surface area contributed by atoms with Crippen molar-refractivity contribution in [2.24, 2.45) is 0 Å². The van der Waals surface area contributed by atoms with Crippen molar-refractivity contribution >= 4 is 28.9 Å². The zero-order valence-corrected chi connectivity index (χ0v) is 23.1. The molecule has 11 nitrogen and oxygen atoms in total. The molecule has 40 heavy (non-hydrogen) atoms. The van der Waals surface area contributed by atoms with Crippen molar-refractivity contribution in [3.8, 4) is 11.4 Å². The Labute approximate surface area is 233 Å². The maximum Gasteiger partial charge on any atom is 0.407 e. The Kier molecular flexibility index (Phi) is 9.15. The highest BCUT2D eigenvalue weighted by atomic mass is 16.6. The first-order valence-electron chi connectivity index (χ1n) is 13.2. The van der Waals surface area contributed by atoms with E-state index in [1.165, 1.54) is 0 Å². The summed E-state index contributed by atoms with van der Waals surface area (Å²) in [4.78, 5) is 20.8. The number of ether oxygens (including phenoxy) is 2. The van der Waals surface area contributed by atoms with E-state index in [2.05, 4.69) is 37.5 Å². The number of carbonyl (C=O) groups excluding carboxylic acids is 1. The average molecular weight is 546 g/mol. The maximum atomic E-state index is 11.8. The molecular formula is C29H35N7O4. The van der Waals surface area contributed by atoms with Crippen LogP contribution in [-0.2, 0) is 11.2 Å². The second-order valence-electron chi connectivity index (χ2n) is 10.3. The van der Waals surface area contributed by atoms with Crippen LogP contribution in [0.4, 0.5) is 16.4 Å². The zero-order chi connectivity index (χ0) is 28.5. The first kappa shape index (κ1) is 28.3. The largest absolute Gasteiger partial charge is 0.513 e. The third-order valence-corrected chi connectivity index (χ3v) is 5.67. The Bertz CT molecular complexity index is 1430. The van der Waals surface area contributed by atoms with Gasteiger partial charge in [-0.05, 0) is 82.0 Å². The number of rotatable bonds is 12. The predicted molar refractivity (Wildman–Crippen MR) is 153 cm³/mol. The second-order valence-corrected chi connectivity index (χ2v) is 10.3. The lowest BCUT2D eigenvalue weighted by Crippen LogP contribution is -2.33. The summed E-state index contributed by atoms with van der Waals surface area (Å²) in [5.41, 5.74) is 3.43. The summed E-state index contributed by atoms with van der Waals surface area (Å²) in [6.45, 7) is 10.0. The van der Waals surface area contributed by atoms with Gasteiger partial charge >= 0.3 is 6.09 Å². The van der Waals surface area contributed by atoms with E-state index in [9.17, 15) is 9.90 Å². The number of nitrogens with one attached hydrogen (secondary N) is 2. The smallest absolute Gasteiger partial charge is 0.407 e. The number of alkyl carbamates (subject to hydrolysis) is 1. The molecule has 0 aliphatic carbocycles. The Hall–Kier alpha value is -4.67. The number of anilines is 2. The molecule has 0 aliphatic heterocycles. The minimum atomic E-state index is -0.503. The number of fused-ring (bicyclic) bond motifs is 1. The number of aliphatic hydroxyl groups excluding tert-OH is 1. The number of nitrogens with zero attached hydrogens (tertiary/aromatic N) is 5. The van der Waals surface area contributed by atoms with Crippen LogP contribution in [0.2, 0.25) is 0 Å². The molecule has 3 N–H and O–H groups in total. The van der Waals surface area contributed by atoms with Gasteiger partial charge in [0.1, 0.15) is 11.4 Å². The molecule has 0 atom stereocenters. The summed E-state index contributed by atoms with van der Waals surface area (Å²) in [7, 11) is 0. The highest BCUT2D eigenvalue weighted by Gasteiger charge is 2.15. The summed E-state index contributed by atoms with van der Waals surface area (Å²) < 4.78 is 12.6. The van der Waals surface area contributed by atoms with Crippen LogP contribution in [0, 0.1) is 0 Å². The van der Waals surface area contributed by atoms with Crippen molar-refractivity contribution in [3.63, 3.8) is 0 Å². The fraction of sp³-hybridized carbons (Fsp3) is 0.345. The van der Waals surface area contributed by atoms with Crippen LogP contribution in [0.3, 0.4) is 0 Å². The van der Waals surface area contributed by atoms with E-state index in [1.807, 2.05) is 69.3 Å². The van der Waals surface area contributed by atoms with Crippen LogP contribution in [0.25, 0.3) is 16.9 Å². The standard InChI is InChI=1S/C29H35N7O4/c1-20(37)7-6-18-39-24-15-13-23(14-16-24)36-26-25(34-35-36)19-31-27(33-26)32-22-11-9-21(10-12-22)8-5-17-30-28(38)40-29(2,3)4/h9-16,19,37H,1,5-8,17-18H2,2-4H3,(H,30,38)(H,31,32,33). The summed E-state index contributed by atoms with van der Waals surface area (Å²) in [5, 5.41) is 23.6.